The first-order valence-electron chi connectivity index (χ1n) is 5.51. The highest BCUT2D eigenvalue weighted by Gasteiger charge is 2.15. The number of carbonyl (C=O) groups is 1. The summed E-state index contributed by atoms with van der Waals surface area (Å²) in [6.45, 7) is 8.52. The van der Waals surface area contributed by atoms with Gasteiger partial charge in [-0.05, 0) is 29.0 Å². The van der Waals surface area contributed by atoms with Gasteiger partial charge in [0.2, 0.25) is 0 Å². The zero-order chi connectivity index (χ0) is 12.3. The Labute approximate surface area is 97.6 Å². The quantitative estimate of drug-likeness (QED) is 0.716. The second kappa shape index (κ2) is 4.69. The molecule has 1 rings (SSSR count). The number of ether oxygens (including phenoxy) is 1. The number of aryl methyl sites for hydroxylation is 1. The molecule has 1 aromatic carbocycles. The van der Waals surface area contributed by atoms with Crippen molar-refractivity contribution in [3.05, 3.63) is 34.9 Å². The molecule has 2 nitrogen and oxygen atoms in total. The van der Waals surface area contributed by atoms with Crippen molar-refractivity contribution in [1.29, 1.82) is 0 Å². The van der Waals surface area contributed by atoms with E-state index < -0.39 is 0 Å². The number of hydrogen-bond acceptors (Lipinski definition) is 2. The molecular weight excluding hydrogens is 200 g/mol. The van der Waals surface area contributed by atoms with Crippen LogP contribution < -0.4 is 0 Å². The largest absolute Gasteiger partial charge is 0.469 e. The molecule has 1 aromatic rings. The molecule has 0 saturated heterocycles. The Morgan fingerprint density at radius 3 is 2.44 bits per heavy atom. The first-order chi connectivity index (χ1) is 7.34. The molecule has 0 amide bonds. The highest BCUT2D eigenvalue weighted by molar-refractivity contribution is 5.73. The SMILES string of the molecule is COC(=O)Cc1cc(C(C)(C)C)ccc1C. The lowest BCUT2D eigenvalue weighted by atomic mass is 9.85. The lowest BCUT2D eigenvalue weighted by Gasteiger charge is -2.20. The van der Waals surface area contributed by atoms with Crippen molar-refractivity contribution in [2.75, 3.05) is 7.11 Å². The molecule has 0 atom stereocenters. The molecule has 0 bridgehead atoms. The zero-order valence-electron chi connectivity index (χ0n) is 10.8. The standard InChI is InChI=1S/C14H20O2/c1-10-6-7-12(14(2,3)4)8-11(10)9-13(15)16-5/h6-8H,9H2,1-5H3. The summed E-state index contributed by atoms with van der Waals surface area (Å²) >= 11 is 0. The van der Waals surface area contributed by atoms with Gasteiger partial charge >= 0.3 is 5.97 Å². The molecule has 0 spiro atoms. The normalized spacial score (nSPS) is 11.3. The topological polar surface area (TPSA) is 26.3 Å². The van der Waals surface area contributed by atoms with Crippen molar-refractivity contribution in [3.63, 3.8) is 0 Å². The minimum absolute atomic E-state index is 0.110. The van der Waals surface area contributed by atoms with Crippen molar-refractivity contribution in [2.45, 2.75) is 39.5 Å². The van der Waals surface area contributed by atoms with Gasteiger partial charge in [-0.15, -0.1) is 0 Å². The monoisotopic (exact) mass is 220 g/mol. The lowest BCUT2D eigenvalue weighted by molar-refractivity contribution is -0.139. The Hall–Kier alpha value is -1.31. The molecule has 0 heterocycles. The third-order valence-electron chi connectivity index (χ3n) is 2.78. The first-order valence-corrected chi connectivity index (χ1v) is 5.51. The highest BCUT2D eigenvalue weighted by atomic mass is 16.5. The van der Waals surface area contributed by atoms with Gasteiger partial charge in [0.05, 0.1) is 13.5 Å². The number of hydrogen-bond donors (Lipinski definition) is 0. The fourth-order valence-corrected chi connectivity index (χ4v) is 1.56. The number of carbonyl (C=O) groups excluding carboxylic acids is 1. The molecule has 0 fully saturated rings. The Morgan fingerprint density at radius 2 is 1.94 bits per heavy atom. The molecular formula is C14H20O2. The highest BCUT2D eigenvalue weighted by Crippen LogP contribution is 2.24. The third-order valence-corrected chi connectivity index (χ3v) is 2.78. The van der Waals surface area contributed by atoms with E-state index in [-0.39, 0.29) is 11.4 Å². The van der Waals surface area contributed by atoms with E-state index in [4.69, 9.17) is 4.74 Å². The average Bonchev–Trinajstić information content (AvgIpc) is 2.19. The van der Waals surface area contributed by atoms with Gasteiger partial charge in [0.25, 0.3) is 0 Å². The number of benzene rings is 1. The molecule has 0 radical (unpaired) electrons. The van der Waals surface area contributed by atoms with Crippen LogP contribution in [-0.2, 0) is 21.4 Å². The van der Waals surface area contributed by atoms with Crippen molar-refractivity contribution in [2.24, 2.45) is 0 Å². The van der Waals surface area contributed by atoms with Crippen molar-refractivity contribution >= 4 is 5.97 Å². The lowest BCUT2D eigenvalue weighted by Crippen LogP contribution is -2.13. The van der Waals surface area contributed by atoms with Gasteiger partial charge < -0.3 is 4.74 Å². The van der Waals surface area contributed by atoms with E-state index in [9.17, 15) is 4.79 Å². The summed E-state index contributed by atoms with van der Waals surface area (Å²) in [6.07, 6.45) is 0.353. The Balaban J connectivity index is 3.04. The molecule has 0 N–H and O–H groups in total. The van der Waals surface area contributed by atoms with Crippen LogP contribution in [0.3, 0.4) is 0 Å². The van der Waals surface area contributed by atoms with Crippen LogP contribution in [0.4, 0.5) is 0 Å². The maximum absolute atomic E-state index is 11.3. The van der Waals surface area contributed by atoms with E-state index >= 15 is 0 Å². The van der Waals surface area contributed by atoms with E-state index in [1.54, 1.807) is 0 Å². The molecule has 0 aliphatic carbocycles. The van der Waals surface area contributed by atoms with Gasteiger partial charge in [-0.1, -0.05) is 39.0 Å². The summed E-state index contributed by atoms with van der Waals surface area (Å²) in [5.74, 6) is -0.186. The van der Waals surface area contributed by atoms with Crippen LogP contribution in [0, 0.1) is 6.92 Å². The smallest absolute Gasteiger partial charge is 0.309 e. The zero-order valence-corrected chi connectivity index (χ0v) is 10.8. The van der Waals surface area contributed by atoms with Crippen LogP contribution in [0.25, 0.3) is 0 Å². The average molecular weight is 220 g/mol. The minimum atomic E-state index is -0.186. The van der Waals surface area contributed by atoms with Crippen LogP contribution in [0.2, 0.25) is 0 Å². The molecule has 0 unspecified atom stereocenters. The maximum atomic E-state index is 11.3. The predicted octanol–water partition coefficient (Wildman–Crippen LogP) is 3.01. The van der Waals surface area contributed by atoms with Crippen LogP contribution >= 0.6 is 0 Å². The van der Waals surface area contributed by atoms with Crippen LogP contribution in [-0.4, -0.2) is 13.1 Å². The molecule has 2 heteroatoms. The maximum Gasteiger partial charge on any atom is 0.309 e. The van der Waals surface area contributed by atoms with Crippen molar-refractivity contribution < 1.29 is 9.53 Å². The van der Waals surface area contributed by atoms with Gasteiger partial charge in [-0.25, -0.2) is 0 Å². The summed E-state index contributed by atoms with van der Waals surface area (Å²) < 4.78 is 4.70. The summed E-state index contributed by atoms with van der Waals surface area (Å²) in [6, 6.07) is 6.29. The van der Waals surface area contributed by atoms with Gasteiger partial charge in [0.1, 0.15) is 0 Å². The van der Waals surface area contributed by atoms with Gasteiger partial charge in [0.15, 0.2) is 0 Å². The number of methoxy groups -OCH3 is 1. The minimum Gasteiger partial charge on any atom is -0.469 e. The first kappa shape index (κ1) is 12.8. The molecule has 0 aliphatic rings. The molecule has 88 valence electrons. The molecule has 0 saturated carbocycles. The summed E-state index contributed by atoms with van der Waals surface area (Å²) in [7, 11) is 1.42. The number of rotatable bonds is 2. The fourth-order valence-electron chi connectivity index (χ4n) is 1.56. The van der Waals surface area contributed by atoms with E-state index in [0.29, 0.717) is 6.42 Å². The summed E-state index contributed by atoms with van der Waals surface area (Å²) in [5, 5.41) is 0. The second-order valence-corrected chi connectivity index (χ2v) is 5.14. The van der Waals surface area contributed by atoms with Crippen LogP contribution in [0.5, 0.6) is 0 Å². The van der Waals surface area contributed by atoms with Crippen molar-refractivity contribution in [1.82, 2.24) is 0 Å². The van der Waals surface area contributed by atoms with E-state index in [2.05, 4.69) is 39.0 Å². The molecule has 16 heavy (non-hydrogen) atoms. The second-order valence-electron chi connectivity index (χ2n) is 5.14. The van der Waals surface area contributed by atoms with Gasteiger partial charge in [-0.3, -0.25) is 4.79 Å². The van der Waals surface area contributed by atoms with Crippen LogP contribution in [0.15, 0.2) is 18.2 Å². The predicted molar refractivity (Wildman–Crippen MR) is 65.6 cm³/mol. The Kier molecular flexibility index (Phi) is 3.74. The van der Waals surface area contributed by atoms with E-state index in [0.717, 1.165) is 11.1 Å². The van der Waals surface area contributed by atoms with Crippen molar-refractivity contribution in [3.8, 4) is 0 Å². The number of esters is 1. The molecule has 0 aliphatic heterocycles. The van der Waals surface area contributed by atoms with E-state index in [1.807, 2.05) is 6.92 Å². The summed E-state index contributed by atoms with van der Waals surface area (Å²) in [5.41, 5.74) is 3.55. The van der Waals surface area contributed by atoms with Crippen LogP contribution in [0.1, 0.15) is 37.5 Å². The third kappa shape index (κ3) is 3.09. The summed E-state index contributed by atoms with van der Waals surface area (Å²) in [4.78, 5) is 11.3. The van der Waals surface area contributed by atoms with E-state index in [1.165, 1.54) is 12.7 Å². The van der Waals surface area contributed by atoms with Gasteiger partial charge in [0, 0.05) is 0 Å². The van der Waals surface area contributed by atoms with Gasteiger partial charge in [-0.2, -0.15) is 0 Å². The fraction of sp³-hybridized carbons (Fsp3) is 0.500. The molecule has 0 aromatic heterocycles. The Morgan fingerprint density at radius 1 is 1.31 bits per heavy atom. The Bertz CT molecular complexity index is 386.